The van der Waals surface area contributed by atoms with E-state index in [4.69, 9.17) is 0 Å². The van der Waals surface area contributed by atoms with Crippen LogP contribution in [0.15, 0.2) is 63.6 Å². The van der Waals surface area contributed by atoms with Crippen molar-refractivity contribution >= 4 is 23.9 Å². The maximum Gasteiger partial charge on any atom is 0.351 e. The monoisotopic (exact) mass is 366 g/mol. The van der Waals surface area contributed by atoms with Crippen molar-refractivity contribution < 1.29 is 4.79 Å². The van der Waals surface area contributed by atoms with E-state index in [1.165, 1.54) is 6.21 Å². The van der Waals surface area contributed by atoms with Gasteiger partial charge < -0.3 is 0 Å². The summed E-state index contributed by atoms with van der Waals surface area (Å²) in [5.41, 5.74) is 3.68. The van der Waals surface area contributed by atoms with Crippen LogP contribution in [-0.4, -0.2) is 31.5 Å². The molecule has 0 aliphatic carbocycles. The van der Waals surface area contributed by atoms with Crippen LogP contribution in [0.2, 0.25) is 0 Å². The van der Waals surface area contributed by atoms with Gasteiger partial charge >= 0.3 is 5.69 Å². The molecule has 0 saturated heterocycles. The molecule has 0 unspecified atom stereocenters. The number of carbonyl (C=O) groups is 1. The molecule has 2 aromatic heterocycles. The maximum atomic E-state index is 12.6. The van der Waals surface area contributed by atoms with Crippen molar-refractivity contribution in [1.82, 2.24) is 24.8 Å². The number of para-hydroxylation sites is 1. The van der Waals surface area contributed by atoms with Crippen molar-refractivity contribution in [3.05, 3.63) is 70.7 Å². The van der Waals surface area contributed by atoms with Gasteiger partial charge in [0.05, 0.1) is 17.7 Å². The molecule has 1 aliphatic rings. The molecular weight excluding hydrogens is 352 g/mol. The van der Waals surface area contributed by atoms with Crippen LogP contribution in [0.5, 0.6) is 0 Å². The quantitative estimate of drug-likeness (QED) is 0.553. The van der Waals surface area contributed by atoms with Crippen LogP contribution in [0.3, 0.4) is 0 Å². The van der Waals surface area contributed by atoms with E-state index in [9.17, 15) is 9.59 Å². The third kappa shape index (κ3) is 3.16. The fraction of sp³-hybridized carbons (Fsp3) is 0.118. The number of carbonyl (C=O) groups excluding carboxylic acids is 1. The van der Waals surface area contributed by atoms with E-state index in [0.29, 0.717) is 11.6 Å². The summed E-state index contributed by atoms with van der Waals surface area (Å²) in [5.74, 6) is 0.793. The number of hydrogen-bond acceptors (Lipinski definition) is 6. The second kappa shape index (κ2) is 6.96. The molecule has 4 rings (SSSR count). The van der Waals surface area contributed by atoms with Crippen molar-refractivity contribution in [2.75, 3.05) is 0 Å². The van der Waals surface area contributed by atoms with Gasteiger partial charge in [-0.3, -0.25) is 9.78 Å². The summed E-state index contributed by atoms with van der Waals surface area (Å²) in [6, 6.07) is 11.2. The van der Waals surface area contributed by atoms with Gasteiger partial charge in [-0.2, -0.15) is 10.2 Å². The first kappa shape index (κ1) is 16.3. The number of nitrogens with zero attached hydrogens (tertiary/aromatic N) is 5. The van der Waals surface area contributed by atoms with Gasteiger partial charge in [-0.15, -0.1) is 11.8 Å². The molecule has 0 saturated carbocycles. The first-order valence-electron chi connectivity index (χ1n) is 7.85. The minimum atomic E-state index is -0.422. The van der Waals surface area contributed by atoms with E-state index in [-0.39, 0.29) is 12.2 Å². The predicted octanol–water partition coefficient (Wildman–Crippen LogP) is 1.18. The van der Waals surface area contributed by atoms with Gasteiger partial charge in [-0.05, 0) is 29.8 Å². The van der Waals surface area contributed by atoms with Crippen molar-refractivity contribution in [2.24, 2.45) is 5.10 Å². The Bertz CT molecular complexity index is 1040. The lowest BCUT2D eigenvalue weighted by molar-refractivity contribution is -0.121. The molecule has 8 nitrogen and oxygen atoms in total. The van der Waals surface area contributed by atoms with E-state index in [2.05, 4.69) is 20.6 Å². The molecule has 0 spiro atoms. The molecule has 26 heavy (non-hydrogen) atoms. The molecule has 1 aliphatic heterocycles. The normalized spacial score (nSPS) is 12.6. The van der Waals surface area contributed by atoms with Crippen LogP contribution in [0.1, 0.15) is 11.4 Å². The molecule has 0 radical (unpaired) electrons. The molecule has 1 aromatic carbocycles. The molecule has 3 heterocycles. The average Bonchev–Trinajstić information content (AvgIpc) is 2.98. The van der Waals surface area contributed by atoms with E-state index >= 15 is 0 Å². The van der Waals surface area contributed by atoms with Gasteiger partial charge in [0.15, 0.2) is 0 Å². The molecular formula is C17H14N6O2S. The highest BCUT2D eigenvalue weighted by atomic mass is 32.2. The number of hydrazone groups is 1. The number of thioether (sulfide) groups is 1. The topological polar surface area (TPSA) is 94.2 Å². The number of hydrogen-bond donors (Lipinski definition) is 1. The van der Waals surface area contributed by atoms with E-state index in [0.717, 1.165) is 20.8 Å². The van der Waals surface area contributed by atoms with Crippen LogP contribution in [0.25, 0.3) is 5.69 Å². The first-order valence-corrected chi connectivity index (χ1v) is 8.84. The van der Waals surface area contributed by atoms with Crippen LogP contribution in [0.4, 0.5) is 0 Å². The Kier molecular flexibility index (Phi) is 4.36. The number of aromatic nitrogens is 4. The third-order valence-electron chi connectivity index (χ3n) is 3.77. The van der Waals surface area contributed by atoms with E-state index in [1.54, 1.807) is 40.9 Å². The van der Waals surface area contributed by atoms with Gasteiger partial charge in [-0.25, -0.2) is 19.5 Å². The lowest BCUT2D eigenvalue weighted by atomic mass is 10.3. The highest BCUT2D eigenvalue weighted by molar-refractivity contribution is 7.98. The fourth-order valence-corrected chi connectivity index (χ4v) is 3.55. The molecule has 0 bridgehead atoms. The third-order valence-corrected chi connectivity index (χ3v) is 4.83. The SMILES string of the molecule is O=C(Cn1nc2n(c1=O)-c1ccccc1SC2)N/N=C\c1ccncc1. The Balaban J connectivity index is 1.50. The van der Waals surface area contributed by atoms with Crippen molar-refractivity contribution in [1.29, 1.82) is 0 Å². The van der Waals surface area contributed by atoms with Gasteiger partial charge in [0.2, 0.25) is 0 Å². The van der Waals surface area contributed by atoms with Crippen molar-refractivity contribution in [2.45, 2.75) is 17.2 Å². The summed E-state index contributed by atoms with van der Waals surface area (Å²) >= 11 is 1.62. The Hall–Kier alpha value is -3.20. The van der Waals surface area contributed by atoms with Gasteiger partial charge in [0.1, 0.15) is 12.4 Å². The lowest BCUT2D eigenvalue weighted by Crippen LogP contribution is -2.31. The maximum absolute atomic E-state index is 12.6. The highest BCUT2D eigenvalue weighted by Gasteiger charge is 2.22. The second-order valence-corrected chi connectivity index (χ2v) is 6.54. The van der Waals surface area contributed by atoms with Crippen LogP contribution < -0.4 is 11.1 Å². The number of pyridine rings is 1. The highest BCUT2D eigenvalue weighted by Crippen LogP contribution is 2.32. The molecule has 0 fully saturated rings. The first-order chi connectivity index (χ1) is 12.7. The van der Waals surface area contributed by atoms with Gasteiger partial charge in [0, 0.05) is 17.3 Å². The smallest absolute Gasteiger partial charge is 0.271 e. The standard InChI is InChI=1S/C17H14N6O2S/c24-16(20-19-9-12-5-7-18-8-6-12)10-22-17(25)23-13-3-1-2-4-14(13)26-11-15(23)21-22/h1-9H,10-11H2,(H,20,24)/b19-9-. The number of rotatable bonds is 4. The summed E-state index contributed by atoms with van der Waals surface area (Å²) in [4.78, 5) is 29.6. The predicted molar refractivity (Wildman–Crippen MR) is 97.4 cm³/mol. The van der Waals surface area contributed by atoms with Crippen LogP contribution in [-0.2, 0) is 17.1 Å². The summed E-state index contributed by atoms with van der Waals surface area (Å²) < 4.78 is 2.72. The minimum absolute atomic E-state index is 0.195. The molecule has 1 N–H and O–H groups in total. The number of benzene rings is 1. The molecule has 9 heteroatoms. The Morgan fingerprint density at radius 1 is 1.27 bits per heavy atom. The molecule has 130 valence electrons. The summed E-state index contributed by atoms with van der Waals surface area (Å²) in [6.45, 7) is -0.195. The molecule has 3 aromatic rings. The largest absolute Gasteiger partial charge is 0.351 e. The van der Waals surface area contributed by atoms with Crippen molar-refractivity contribution in [3.8, 4) is 5.69 Å². The van der Waals surface area contributed by atoms with Crippen LogP contribution >= 0.6 is 11.8 Å². The summed E-state index contributed by atoms with van der Waals surface area (Å²) in [5, 5.41) is 8.16. The Morgan fingerprint density at radius 3 is 2.92 bits per heavy atom. The van der Waals surface area contributed by atoms with E-state index < -0.39 is 5.91 Å². The fourth-order valence-electron chi connectivity index (χ4n) is 2.60. The van der Waals surface area contributed by atoms with Gasteiger partial charge in [-0.1, -0.05) is 12.1 Å². The Labute approximate surface area is 152 Å². The zero-order chi connectivity index (χ0) is 17.9. The zero-order valence-corrected chi connectivity index (χ0v) is 14.4. The minimum Gasteiger partial charge on any atom is -0.271 e. The number of fused-ring (bicyclic) bond motifs is 3. The van der Waals surface area contributed by atoms with Gasteiger partial charge in [0.25, 0.3) is 5.91 Å². The lowest BCUT2D eigenvalue weighted by Gasteiger charge is -2.15. The second-order valence-electron chi connectivity index (χ2n) is 5.52. The molecule has 0 atom stereocenters. The molecule has 1 amide bonds. The zero-order valence-electron chi connectivity index (χ0n) is 13.6. The number of nitrogens with one attached hydrogen (secondary N) is 1. The average molecular weight is 366 g/mol. The number of amides is 1. The summed E-state index contributed by atoms with van der Waals surface area (Å²) in [6.07, 6.45) is 4.77. The van der Waals surface area contributed by atoms with E-state index in [1.807, 2.05) is 24.3 Å². The summed E-state index contributed by atoms with van der Waals surface area (Å²) in [7, 11) is 0. The Morgan fingerprint density at radius 2 is 2.08 bits per heavy atom. The van der Waals surface area contributed by atoms with Crippen molar-refractivity contribution in [3.63, 3.8) is 0 Å². The van der Waals surface area contributed by atoms with Crippen LogP contribution in [0, 0.1) is 0 Å².